The number of carbonyl (C=O) groups is 2. The van der Waals surface area contributed by atoms with Crippen molar-refractivity contribution >= 4 is 47.1 Å². The van der Waals surface area contributed by atoms with Crippen molar-refractivity contribution in [3.05, 3.63) is 68.0 Å². The molecule has 11 heteroatoms. The van der Waals surface area contributed by atoms with Gasteiger partial charge < -0.3 is 25.8 Å². The summed E-state index contributed by atoms with van der Waals surface area (Å²) >= 11 is 12.4. The molecule has 0 radical (unpaired) electrons. The number of aliphatic imine (C=N–C) groups is 1. The first-order valence-electron chi connectivity index (χ1n) is 13.6. The molecule has 1 aliphatic rings. The van der Waals surface area contributed by atoms with Crippen LogP contribution in [0, 0.1) is 6.92 Å². The van der Waals surface area contributed by atoms with E-state index in [4.69, 9.17) is 43.4 Å². The van der Waals surface area contributed by atoms with Gasteiger partial charge in [0.2, 0.25) is 0 Å². The number of pyridine rings is 1. The van der Waals surface area contributed by atoms with Crippen LogP contribution in [-0.2, 0) is 31.9 Å². The minimum atomic E-state index is -0.774. The standard InChI is InChI=1S/C30H39Cl2N5O4/c1-18-19(11-20-7-6-9-35-28(20)36-18)8-10-34-16-24(25(33)17-41-30(2,3)4)29(39)37-26(15-27(38)40-5)21-12-22(31)14-23(32)13-21/h11-14,16,26H,6-10,15,17,33H2,1-5H3,(H,35,36)(H,37,39). The number of esters is 1. The molecule has 1 amide bonds. The van der Waals surface area contributed by atoms with Crippen molar-refractivity contribution in [2.75, 3.05) is 32.1 Å². The Morgan fingerprint density at radius 2 is 1.93 bits per heavy atom. The SMILES string of the molecule is COC(=O)CC(NC(=O)C(C=NCCc1cc2c(nc1C)NCCC2)=C(N)COC(C)(C)C)c1cc(Cl)cc(Cl)c1. The smallest absolute Gasteiger partial charge is 0.307 e. The van der Waals surface area contributed by atoms with E-state index in [0.717, 1.165) is 36.5 Å². The number of rotatable bonds is 11. The van der Waals surface area contributed by atoms with Gasteiger partial charge in [0, 0.05) is 40.7 Å². The predicted molar refractivity (Wildman–Crippen MR) is 164 cm³/mol. The van der Waals surface area contributed by atoms with Crippen molar-refractivity contribution in [3.63, 3.8) is 0 Å². The van der Waals surface area contributed by atoms with Crippen LogP contribution in [0.3, 0.4) is 0 Å². The van der Waals surface area contributed by atoms with Gasteiger partial charge in [-0.1, -0.05) is 29.3 Å². The lowest BCUT2D eigenvalue weighted by atomic mass is 10.0. The van der Waals surface area contributed by atoms with E-state index in [9.17, 15) is 9.59 Å². The van der Waals surface area contributed by atoms with Crippen LogP contribution in [0.25, 0.3) is 0 Å². The molecule has 9 nitrogen and oxygen atoms in total. The zero-order chi connectivity index (χ0) is 30.2. The minimum absolute atomic E-state index is 0.0176. The average molecular weight is 605 g/mol. The molecular formula is C30H39Cl2N5O4. The third kappa shape index (κ3) is 10.0. The number of fused-ring (bicyclic) bond motifs is 1. The van der Waals surface area contributed by atoms with Crippen molar-refractivity contribution in [2.24, 2.45) is 10.7 Å². The molecule has 1 atom stereocenters. The fraction of sp³-hybridized carbons (Fsp3) is 0.467. The number of hydrogen-bond donors (Lipinski definition) is 3. The minimum Gasteiger partial charge on any atom is -0.469 e. The van der Waals surface area contributed by atoms with E-state index in [1.807, 2.05) is 27.7 Å². The number of hydrogen-bond acceptors (Lipinski definition) is 8. The lowest BCUT2D eigenvalue weighted by Crippen LogP contribution is -2.34. The van der Waals surface area contributed by atoms with Crippen molar-refractivity contribution in [2.45, 2.75) is 65.0 Å². The number of nitrogens with two attached hydrogens (primary N) is 1. The molecule has 3 rings (SSSR count). The van der Waals surface area contributed by atoms with Gasteiger partial charge in [-0.3, -0.25) is 14.6 Å². The summed E-state index contributed by atoms with van der Waals surface area (Å²) in [7, 11) is 1.28. The highest BCUT2D eigenvalue weighted by Crippen LogP contribution is 2.26. The second-order valence-corrected chi connectivity index (χ2v) is 11.8. The second-order valence-electron chi connectivity index (χ2n) is 10.9. The van der Waals surface area contributed by atoms with Crippen LogP contribution in [0.2, 0.25) is 10.0 Å². The topological polar surface area (TPSA) is 128 Å². The van der Waals surface area contributed by atoms with Crippen molar-refractivity contribution in [1.82, 2.24) is 10.3 Å². The number of aromatic nitrogens is 1. The second kappa shape index (κ2) is 14.7. The van der Waals surface area contributed by atoms with E-state index in [1.54, 1.807) is 18.2 Å². The molecule has 1 aliphatic heterocycles. The number of amides is 1. The molecule has 2 heterocycles. The van der Waals surface area contributed by atoms with Gasteiger partial charge in [0.25, 0.3) is 5.91 Å². The molecule has 222 valence electrons. The van der Waals surface area contributed by atoms with Gasteiger partial charge in [-0.2, -0.15) is 0 Å². The molecule has 0 saturated heterocycles. The zero-order valence-electron chi connectivity index (χ0n) is 24.3. The first-order chi connectivity index (χ1) is 19.4. The van der Waals surface area contributed by atoms with Crippen LogP contribution in [0.15, 0.2) is 40.5 Å². The van der Waals surface area contributed by atoms with Crippen LogP contribution < -0.4 is 16.4 Å². The Morgan fingerprint density at radius 3 is 2.59 bits per heavy atom. The lowest BCUT2D eigenvalue weighted by molar-refractivity contribution is -0.141. The summed E-state index contributed by atoms with van der Waals surface area (Å²) in [5.41, 5.74) is 10.1. The predicted octanol–water partition coefficient (Wildman–Crippen LogP) is 5.12. The van der Waals surface area contributed by atoms with Gasteiger partial charge in [-0.05, 0) is 81.8 Å². The van der Waals surface area contributed by atoms with Gasteiger partial charge in [0.05, 0.1) is 37.4 Å². The first kappa shape index (κ1) is 32.4. The van der Waals surface area contributed by atoms with Crippen LogP contribution >= 0.6 is 23.2 Å². The van der Waals surface area contributed by atoms with Crippen molar-refractivity contribution in [1.29, 1.82) is 0 Å². The van der Waals surface area contributed by atoms with Gasteiger partial charge in [-0.15, -0.1) is 0 Å². The molecule has 1 aromatic heterocycles. The Bertz CT molecular complexity index is 1300. The number of nitrogens with one attached hydrogen (secondary N) is 2. The van der Waals surface area contributed by atoms with E-state index in [1.165, 1.54) is 18.9 Å². The molecule has 0 spiro atoms. The molecule has 0 bridgehead atoms. The quantitative estimate of drug-likeness (QED) is 0.185. The molecule has 2 aromatic rings. The summed E-state index contributed by atoms with van der Waals surface area (Å²) in [6.45, 7) is 9.05. The maximum atomic E-state index is 13.6. The molecule has 41 heavy (non-hydrogen) atoms. The zero-order valence-corrected chi connectivity index (χ0v) is 25.8. The first-order valence-corrected chi connectivity index (χ1v) is 14.3. The van der Waals surface area contributed by atoms with Crippen LogP contribution in [0.1, 0.15) is 62.0 Å². The number of anilines is 1. The molecule has 0 aliphatic carbocycles. The highest BCUT2D eigenvalue weighted by atomic mass is 35.5. The molecule has 1 aromatic carbocycles. The van der Waals surface area contributed by atoms with Crippen LogP contribution in [0.5, 0.6) is 0 Å². The summed E-state index contributed by atoms with van der Waals surface area (Å²) in [5, 5.41) is 6.96. The number of ether oxygens (including phenoxy) is 2. The van der Waals surface area contributed by atoms with Crippen LogP contribution in [0.4, 0.5) is 5.82 Å². The molecule has 1 unspecified atom stereocenters. The summed E-state index contributed by atoms with van der Waals surface area (Å²) in [4.78, 5) is 35.0. The highest BCUT2D eigenvalue weighted by Gasteiger charge is 2.23. The van der Waals surface area contributed by atoms with Crippen molar-refractivity contribution in [3.8, 4) is 0 Å². The maximum absolute atomic E-state index is 13.6. The molecule has 0 fully saturated rings. The molecule has 0 saturated carbocycles. The Labute approximate surface area is 251 Å². The Hall–Kier alpha value is -3.14. The van der Waals surface area contributed by atoms with E-state index < -0.39 is 23.5 Å². The number of carbonyl (C=O) groups excluding carboxylic acids is 2. The van der Waals surface area contributed by atoms with Gasteiger partial charge in [0.1, 0.15) is 5.82 Å². The van der Waals surface area contributed by atoms with Gasteiger partial charge in [0.15, 0.2) is 0 Å². The summed E-state index contributed by atoms with van der Waals surface area (Å²) in [5.74, 6) is -0.0812. The maximum Gasteiger partial charge on any atom is 0.307 e. The third-order valence-electron chi connectivity index (χ3n) is 6.49. The molecular weight excluding hydrogens is 565 g/mol. The van der Waals surface area contributed by atoms with Crippen LogP contribution in [-0.4, -0.2) is 55.5 Å². The summed E-state index contributed by atoms with van der Waals surface area (Å²) in [6.07, 6.45) is 4.04. The number of nitrogens with zero attached hydrogens (tertiary/aromatic N) is 2. The fourth-order valence-corrected chi connectivity index (χ4v) is 4.83. The average Bonchev–Trinajstić information content (AvgIpc) is 2.90. The summed E-state index contributed by atoms with van der Waals surface area (Å²) in [6, 6.07) is 6.25. The third-order valence-corrected chi connectivity index (χ3v) is 6.92. The lowest BCUT2D eigenvalue weighted by Gasteiger charge is -2.22. The van der Waals surface area contributed by atoms with Gasteiger partial charge >= 0.3 is 5.97 Å². The number of benzene rings is 1. The highest BCUT2D eigenvalue weighted by molar-refractivity contribution is 6.34. The summed E-state index contributed by atoms with van der Waals surface area (Å²) < 4.78 is 10.7. The Kier molecular flexibility index (Phi) is 11.6. The number of aryl methyl sites for hydroxylation is 2. The number of methoxy groups -OCH3 is 1. The Morgan fingerprint density at radius 1 is 1.22 bits per heavy atom. The molecule has 4 N–H and O–H groups in total. The largest absolute Gasteiger partial charge is 0.469 e. The van der Waals surface area contributed by atoms with E-state index >= 15 is 0 Å². The Balaban J connectivity index is 1.83. The van der Waals surface area contributed by atoms with E-state index in [0.29, 0.717) is 28.6 Å². The van der Waals surface area contributed by atoms with E-state index in [-0.39, 0.29) is 24.3 Å². The normalized spacial score (nSPS) is 14.6. The van der Waals surface area contributed by atoms with E-state index in [2.05, 4.69) is 21.7 Å². The van der Waals surface area contributed by atoms with Crippen molar-refractivity contribution < 1.29 is 19.1 Å². The fourth-order valence-electron chi connectivity index (χ4n) is 4.29. The van der Waals surface area contributed by atoms with Gasteiger partial charge in [-0.25, -0.2) is 4.98 Å². The monoisotopic (exact) mass is 603 g/mol. The number of halogens is 2.